The predicted octanol–water partition coefficient (Wildman–Crippen LogP) is 1.33. The Morgan fingerprint density at radius 2 is 2.24 bits per heavy atom. The molecule has 1 fully saturated rings. The molecule has 2 N–H and O–H groups in total. The lowest BCUT2D eigenvalue weighted by molar-refractivity contribution is -0.121. The summed E-state index contributed by atoms with van der Waals surface area (Å²) in [6.07, 6.45) is 1.81. The van der Waals surface area contributed by atoms with Gasteiger partial charge in [-0.05, 0) is 18.2 Å². The minimum absolute atomic E-state index is 0.115. The van der Waals surface area contributed by atoms with E-state index in [-0.39, 0.29) is 11.7 Å². The van der Waals surface area contributed by atoms with Gasteiger partial charge in [-0.25, -0.2) is 5.43 Å². The molecule has 1 aliphatic heterocycles. The minimum Gasteiger partial charge on any atom is -0.507 e. The van der Waals surface area contributed by atoms with E-state index < -0.39 is 0 Å². The number of rotatable bonds is 5. The van der Waals surface area contributed by atoms with Gasteiger partial charge in [0.2, 0.25) is 5.91 Å². The van der Waals surface area contributed by atoms with Crippen LogP contribution in [-0.4, -0.2) is 55.0 Å². The Morgan fingerprint density at radius 3 is 3.00 bits per heavy atom. The first-order valence-corrected chi connectivity index (χ1v) is 7.55. The number of benzene rings is 1. The fourth-order valence-corrected chi connectivity index (χ4v) is 2.32. The molecule has 0 aliphatic carbocycles. The molecule has 1 saturated heterocycles. The summed E-state index contributed by atoms with van der Waals surface area (Å²) in [6, 6.07) is 5.01. The lowest BCUT2D eigenvalue weighted by Gasteiger charge is -2.25. The summed E-state index contributed by atoms with van der Waals surface area (Å²) in [5.41, 5.74) is 3.00. The normalized spacial score (nSPS) is 16.2. The quantitative estimate of drug-likeness (QED) is 0.617. The molecule has 2 rings (SSSR count). The second kappa shape index (κ2) is 8.11. The van der Waals surface area contributed by atoms with Gasteiger partial charge in [-0.1, -0.05) is 15.9 Å². The molecule has 114 valence electrons. The number of ether oxygens (including phenoxy) is 1. The van der Waals surface area contributed by atoms with Crippen molar-refractivity contribution in [2.45, 2.75) is 6.42 Å². The first-order valence-electron chi connectivity index (χ1n) is 6.75. The maximum Gasteiger partial charge on any atom is 0.241 e. The van der Waals surface area contributed by atoms with Crippen LogP contribution in [0.1, 0.15) is 12.0 Å². The van der Waals surface area contributed by atoms with Crippen LogP contribution < -0.4 is 5.43 Å². The Hall–Kier alpha value is -1.44. The van der Waals surface area contributed by atoms with Crippen molar-refractivity contribution in [3.63, 3.8) is 0 Å². The van der Waals surface area contributed by atoms with E-state index in [0.717, 1.165) is 30.8 Å². The van der Waals surface area contributed by atoms with E-state index in [1.807, 2.05) is 0 Å². The number of nitrogens with zero attached hydrogens (tertiary/aromatic N) is 2. The summed E-state index contributed by atoms with van der Waals surface area (Å²) in [6.45, 7) is 3.88. The molecule has 7 heteroatoms. The number of nitrogens with one attached hydrogen (secondary N) is 1. The van der Waals surface area contributed by atoms with Crippen LogP contribution >= 0.6 is 15.9 Å². The van der Waals surface area contributed by atoms with E-state index in [4.69, 9.17) is 4.74 Å². The number of amides is 1. The molecule has 0 radical (unpaired) electrons. The third kappa shape index (κ3) is 5.45. The second-order valence-corrected chi connectivity index (χ2v) is 5.62. The number of phenols is 1. The van der Waals surface area contributed by atoms with Gasteiger partial charge in [0.15, 0.2) is 0 Å². The number of carbonyl (C=O) groups excluding carboxylic acids is 1. The van der Waals surface area contributed by atoms with Crippen molar-refractivity contribution < 1.29 is 14.6 Å². The third-order valence-corrected chi connectivity index (χ3v) is 3.63. The standard InChI is InChI=1S/C14H18BrN3O3/c15-12-1-2-13(19)11(9-12)10-16-17-14(20)3-4-18-5-7-21-8-6-18/h1-2,9-10,19H,3-8H2,(H,17,20)/b16-10+. The number of morpholine rings is 1. The Kier molecular flexibility index (Phi) is 6.16. The van der Waals surface area contributed by atoms with Crippen molar-refractivity contribution in [1.82, 2.24) is 10.3 Å². The number of hydrazone groups is 1. The van der Waals surface area contributed by atoms with Gasteiger partial charge in [-0.2, -0.15) is 5.10 Å². The molecule has 0 atom stereocenters. The lowest BCUT2D eigenvalue weighted by atomic mass is 10.2. The van der Waals surface area contributed by atoms with Crippen LogP contribution in [0.4, 0.5) is 0 Å². The number of hydrogen-bond acceptors (Lipinski definition) is 5. The molecule has 0 saturated carbocycles. The largest absolute Gasteiger partial charge is 0.507 e. The van der Waals surface area contributed by atoms with Gasteiger partial charge in [-0.15, -0.1) is 0 Å². The van der Waals surface area contributed by atoms with E-state index >= 15 is 0 Å². The Labute approximate surface area is 131 Å². The summed E-state index contributed by atoms with van der Waals surface area (Å²) in [5, 5.41) is 13.5. The van der Waals surface area contributed by atoms with Crippen LogP contribution in [0.15, 0.2) is 27.8 Å². The highest BCUT2D eigenvalue weighted by molar-refractivity contribution is 9.10. The maximum atomic E-state index is 11.7. The first-order chi connectivity index (χ1) is 10.1. The van der Waals surface area contributed by atoms with E-state index in [1.165, 1.54) is 6.21 Å². The van der Waals surface area contributed by atoms with Crippen LogP contribution in [0, 0.1) is 0 Å². The fraction of sp³-hybridized carbons (Fsp3) is 0.429. The van der Waals surface area contributed by atoms with Gasteiger partial charge in [-0.3, -0.25) is 9.69 Å². The van der Waals surface area contributed by atoms with Gasteiger partial charge in [0.05, 0.1) is 19.4 Å². The van der Waals surface area contributed by atoms with Crippen molar-refractivity contribution in [1.29, 1.82) is 0 Å². The minimum atomic E-state index is -0.146. The average Bonchev–Trinajstić information content (AvgIpc) is 2.50. The predicted molar refractivity (Wildman–Crippen MR) is 83.4 cm³/mol. The molecular weight excluding hydrogens is 338 g/mol. The Morgan fingerprint density at radius 1 is 1.48 bits per heavy atom. The van der Waals surface area contributed by atoms with E-state index in [2.05, 4.69) is 31.4 Å². The van der Waals surface area contributed by atoms with Crippen molar-refractivity contribution in [3.05, 3.63) is 28.2 Å². The zero-order valence-corrected chi connectivity index (χ0v) is 13.2. The van der Waals surface area contributed by atoms with Gasteiger partial charge in [0.1, 0.15) is 5.75 Å². The lowest BCUT2D eigenvalue weighted by Crippen LogP contribution is -2.38. The molecule has 0 bridgehead atoms. The van der Waals surface area contributed by atoms with Gasteiger partial charge in [0, 0.05) is 36.1 Å². The average molecular weight is 356 g/mol. The number of aromatic hydroxyl groups is 1. The Balaban J connectivity index is 1.75. The first kappa shape index (κ1) is 15.9. The zero-order valence-electron chi connectivity index (χ0n) is 11.6. The second-order valence-electron chi connectivity index (χ2n) is 4.70. The van der Waals surface area contributed by atoms with Gasteiger partial charge in [0.25, 0.3) is 0 Å². The van der Waals surface area contributed by atoms with Crippen molar-refractivity contribution >= 4 is 28.1 Å². The topological polar surface area (TPSA) is 74.2 Å². The molecule has 0 spiro atoms. The van der Waals surface area contributed by atoms with Crippen LogP contribution in [0.25, 0.3) is 0 Å². The fourth-order valence-electron chi connectivity index (χ4n) is 1.94. The van der Waals surface area contributed by atoms with Crippen molar-refractivity contribution in [2.75, 3.05) is 32.8 Å². The van der Waals surface area contributed by atoms with Crippen LogP contribution in [0.3, 0.4) is 0 Å². The monoisotopic (exact) mass is 355 g/mol. The summed E-state index contributed by atoms with van der Waals surface area (Å²) in [5.74, 6) is -0.0308. The molecule has 1 amide bonds. The van der Waals surface area contributed by atoms with Crippen LogP contribution in [0.5, 0.6) is 5.75 Å². The number of carbonyl (C=O) groups is 1. The van der Waals surface area contributed by atoms with E-state index in [9.17, 15) is 9.90 Å². The highest BCUT2D eigenvalue weighted by atomic mass is 79.9. The van der Waals surface area contributed by atoms with Gasteiger partial charge < -0.3 is 9.84 Å². The molecule has 1 aromatic rings. The van der Waals surface area contributed by atoms with E-state index in [1.54, 1.807) is 18.2 Å². The molecule has 1 heterocycles. The van der Waals surface area contributed by atoms with Crippen molar-refractivity contribution in [3.8, 4) is 5.75 Å². The molecule has 21 heavy (non-hydrogen) atoms. The molecule has 0 aromatic heterocycles. The molecular formula is C14H18BrN3O3. The van der Waals surface area contributed by atoms with Crippen LogP contribution in [0.2, 0.25) is 0 Å². The van der Waals surface area contributed by atoms with Crippen molar-refractivity contribution in [2.24, 2.45) is 5.10 Å². The molecule has 6 nitrogen and oxygen atoms in total. The molecule has 0 unspecified atom stereocenters. The summed E-state index contributed by atoms with van der Waals surface area (Å²) >= 11 is 3.31. The maximum absolute atomic E-state index is 11.7. The SMILES string of the molecule is O=C(CCN1CCOCC1)N/N=C/c1cc(Br)ccc1O. The number of phenolic OH excluding ortho intramolecular Hbond substituents is 1. The molecule has 1 aromatic carbocycles. The van der Waals surface area contributed by atoms with Gasteiger partial charge >= 0.3 is 0 Å². The number of hydrogen-bond donors (Lipinski definition) is 2. The highest BCUT2D eigenvalue weighted by Gasteiger charge is 2.11. The summed E-state index contributed by atoms with van der Waals surface area (Å²) in [7, 11) is 0. The smallest absolute Gasteiger partial charge is 0.241 e. The Bertz CT molecular complexity index is 516. The van der Waals surface area contributed by atoms with E-state index in [0.29, 0.717) is 18.5 Å². The highest BCUT2D eigenvalue weighted by Crippen LogP contribution is 2.19. The third-order valence-electron chi connectivity index (χ3n) is 3.14. The summed E-state index contributed by atoms with van der Waals surface area (Å²) < 4.78 is 6.08. The molecule has 1 aliphatic rings. The summed E-state index contributed by atoms with van der Waals surface area (Å²) in [4.78, 5) is 13.9. The number of halogens is 1. The zero-order chi connectivity index (χ0) is 15.1. The van der Waals surface area contributed by atoms with Crippen LogP contribution in [-0.2, 0) is 9.53 Å².